The molecule has 0 radical (unpaired) electrons. The average Bonchev–Trinajstić information content (AvgIpc) is 2.38. The number of methoxy groups -OCH3 is 1. The molecule has 3 heteroatoms. The second kappa shape index (κ2) is 5.51. The highest BCUT2D eigenvalue weighted by Crippen LogP contribution is 2.50. The number of hydrogen-bond acceptors (Lipinski definition) is 3. The first-order chi connectivity index (χ1) is 9.09. The third-order valence-corrected chi connectivity index (χ3v) is 4.88. The van der Waals surface area contributed by atoms with E-state index >= 15 is 0 Å². The molecule has 1 fully saturated rings. The zero-order valence-electron chi connectivity index (χ0n) is 12.4. The maximum absolute atomic E-state index is 9.80. The zero-order valence-corrected chi connectivity index (χ0v) is 12.4. The molecule has 0 saturated heterocycles. The number of aliphatic hydroxyl groups is 1. The summed E-state index contributed by atoms with van der Waals surface area (Å²) in [6.45, 7) is 4.49. The van der Waals surface area contributed by atoms with E-state index in [2.05, 4.69) is 25.2 Å². The van der Waals surface area contributed by atoms with Crippen molar-refractivity contribution in [3.8, 4) is 5.75 Å². The number of rotatable bonds is 5. The van der Waals surface area contributed by atoms with Crippen LogP contribution in [0.25, 0.3) is 0 Å². The van der Waals surface area contributed by atoms with E-state index in [4.69, 9.17) is 4.74 Å². The minimum Gasteiger partial charge on any atom is -0.496 e. The zero-order chi connectivity index (χ0) is 14.0. The van der Waals surface area contributed by atoms with Crippen LogP contribution >= 0.6 is 0 Å². The van der Waals surface area contributed by atoms with Gasteiger partial charge in [0.15, 0.2) is 0 Å². The van der Waals surface area contributed by atoms with Crippen LogP contribution in [0, 0.1) is 19.3 Å². The Bertz CT molecular complexity index is 447. The van der Waals surface area contributed by atoms with E-state index < -0.39 is 0 Å². The Morgan fingerprint density at radius 3 is 2.42 bits per heavy atom. The summed E-state index contributed by atoms with van der Waals surface area (Å²) < 4.78 is 5.38. The van der Waals surface area contributed by atoms with Crippen molar-refractivity contribution in [1.29, 1.82) is 0 Å². The van der Waals surface area contributed by atoms with Crippen molar-refractivity contribution in [1.82, 2.24) is 5.32 Å². The lowest BCUT2D eigenvalue weighted by atomic mass is 9.62. The van der Waals surface area contributed by atoms with E-state index in [9.17, 15) is 5.11 Å². The lowest BCUT2D eigenvalue weighted by molar-refractivity contribution is 0.00761. The molecule has 0 spiro atoms. The monoisotopic (exact) mass is 263 g/mol. The van der Waals surface area contributed by atoms with Gasteiger partial charge in [-0.05, 0) is 56.5 Å². The lowest BCUT2D eigenvalue weighted by Gasteiger charge is -2.47. The molecule has 106 valence electrons. The van der Waals surface area contributed by atoms with Gasteiger partial charge in [0.05, 0.1) is 13.7 Å². The Morgan fingerprint density at radius 1 is 1.32 bits per heavy atom. The van der Waals surface area contributed by atoms with E-state index in [1.807, 2.05) is 13.1 Å². The SMILES string of the molecule is CNC(c1ccc(OC)c(C)c1C)C1(CO)CCC1. The van der Waals surface area contributed by atoms with Gasteiger partial charge in [-0.15, -0.1) is 0 Å². The molecule has 1 unspecified atom stereocenters. The molecule has 0 aromatic heterocycles. The summed E-state index contributed by atoms with van der Waals surface area (Å²) in [7, 11) is 3.69. The molecule has 3 nitrogen and oxygen atoms in total. The Kier molecular flexibility index (Phi) is 4.16. The van der Waals surface area contributed by atoms with Crippen molar-refractivity contribution in [2.75, 3.05) is 20.8 Å². The predicted molar refractivity (Wildman–Crippen MR) is 77.6 cm³/mol. The summed E-state index contributed by atoms with van der Waals surface area (Å²) in [4.78, 5) is 0. The van der Waals surface area contributed by atoms with Gasteiger partial charge in [0, 0.05) is 11.5 Å². The van der Waals surface area contributed by atoms with Crippen molar-refractivity contribution in [3.63, 3.8) is 0 Å². The van der Waals surface area contributed by atoms with Crippen LogP contribution in [0.3, 0.4) is 0 Å². The summed E-state index contributed by atoms with van der Waals surface area (Å²) in [5.74, 6) is 0.933. The molecule has 0 heterocycles. The minimum absolute atomic E-state index is 0.0144. The molecule has 0 aliphatic heterocycles. The number of benzene rings is 1. The highest BCUT2D eigenvalue weighted by atomic mass is 16.5. The van der Waals surface area contributed by atoms with E-state index in [1.165, 1.54) is 23.1 Å². The van der Waals surface area contributed by atoms with E-state index in [-0.39, 0.29) is 18.1 Å². The van der Waals surface area contributed by atoms with Gasteiger partial charge in [-0.25, -0.2) is 0 Å². The van der Waals surface area contributed by atoms with Crippen molar-refractivity contribution in [3.05, 3.63) is 28.8 Å². The normalized spacial score (nSPS) is 18.8. The maximum Gasteiger partial charge on any atom is 0.122 e. The molecule has 1 aliphatic carbocycles. The quantitative estimate of drug-likeness (QED) is 0.858. The number of aliphatic hydroxyl groups excluding tert-OH is 1. The summed E-state index contributed by atoms with van der Waals surface area (Å²) in [5.41, 5.74) is 3.75. The summed E-state index contributed by atoms with van der Waals surface area (Å²) in [6, 6.07) is 4.39. The smallest absolute Gasteiger partial charge is 0.122 e. The van der Waals surface area contributed by atoms with Crippen LogP contribution in [0.1, 0.15) is 42.0 Å². The number of hydrogen-bond donors (Lipinski definition) is 2. The molecule has 0 amide bonds. The molecule has 2 rings (SSSR count). The molecule has 1 aromatic rings. The van der Waals surface area contributed by atoms with Crippen molar-refractivity contribution < 1.29 is 9.84 Å². The van der Waals surface area contributed by atoms with E-state index in [0.29, 0.717) is 0 Å². The largest absolute Gasteiger partial charge is 0.496 e. The standard InChI is InChI=1S/C16H25NO2/c1-11-12(2)14(19-4)7-6-13(11)15(17-3)16(10-18)8-5-9-16/h6-7,15,17-18H,5,8-10H2,1-4H3. The first kappa shape index (κ1) is 14.4. The average molecular weight is 263 g/mol. The molecule has 1 aromatic carbocycles. The minimum atomic E-state index is 0.0144. The Hall–Kier alpha value is -1.06. The molecule has 2 N–H and O–H groups in total. The fourth-order valence-electron chi connectivity index (χ4n) is 3.31. The second-order valence-corrected chi connectivity index (χ2v) is 5.70. The lowest BCUT2D eigenvalue weighted by Crippen LogP contribution is -2.45. The Labute approximate surface area is 116 Å². The predicted octanol–water partition coefficient (Wildman–Crippen LogP) is 2.74. The number of ether oxygens (including phenoxy) is 1. The van der Waals surface area contributed by atoms with Gasteiger partial charge in [-0.2, -0.15) is 0 Å². The van der Waals surface area contributed by atoms with Crippen molar-refractivity contribution >= 4 is 0 Å². The van der Waals surface area contributed by atoms with E-state index in [0.717, 1.165) is 18.6 Å². The Morgan fingerprint density at radius 2 is 2.00 bits per heavy atom. The molecule has 0 bridgehead atoms. The molecular formula is C16H25NO2. The number of nitrogens with one attached hydrogen (secondary N) is 1. The topological polar surface area (TPSA) is 41.5 Å². The highest BCUT2D eigenvalue weighted by Gasteiger charge is 2.44. The summed E-state index contributed by atoms with van der Waals surface area (Å²) in [6.07, 6.45) is 3.41. The van der Waals surface area contributed by atoms with Gasteiger partial charge < -0.3 is 15.2 Å². The van der Waals surface area contributed by atoms with Gasteiger partial charge in [0.2, 0.25) is 0 Å². The van der Waals surface area contributed by atoms with E-state index in [1.54, 1.807) is 7.11 Å². The van der Waals surface area contributed by atoms with Crippen LogP contribution in [-0.4, -0.2) is 25.9 Å². The van der Waals surface area contributed by atoms with Crippen LogP contribution in [-0.2, 0) is 0 Å². The van der Waals surface area contributed by atoms with Crippen LogP contribution in [0.15, 0.2) is 12.1 Å². The summed E-state index contributed by atoms with van der Waals surface area (Å²) >= 11 is 0. The van der Waals surface area contributed by atoms with Crippen LogP contribution in [0.2, 0.25) is 0 Å². The maximum atomic E-state index is 9.80. The van der Waals surface area contributed by atoms with Gasteiger partial charge in [0.1, 0.15) is 5.75 Å². The first-order valence-electron chi connectivity index (χ1n) is 7.02. The third kappa shape index (κ3) is 2.26. The van der Waals surface area contributed by atoms with Crippen LogP contribution < -0.4 is 10.1 Å². The Balaban J connectivity index is 2.42. The third-order valence-electron chi connectivity index (χ3n) is 4.88. The van der Waals surface area contributed by atoms with Crippen LogP contribution in [0.5, 0.6) is 5.75 Å². The molecular weight excluding hydrogens is 238 g/mol. The second-order valence-electron chi connectivity index (χ2n) is 5.70. The van der Waals surface area contributed by atoms with Gasteiger partial charge in [0.25, 0.3) is 0 Å². The molecule has 1 aliphatic rings. The van der Waals surface area contributed by atoms with Crippen molar-refractivity contribution in [2.24, 2.45) is 5.41 Å². The highest BCUT2D eigenvalue weighted by molar-refractivity contribution is 5.45. The molecule has 19 heavy (non-hydrogen) atoms. The van der Waals surface area contributed by atoms with Gasteiger partial charge in [-0.1, -0.05) is 12.5 Å². The molecule has 1 saturated carbocycles. The molecule has 1 atom stereocenters. The summed E-state index contributed by atoms with van der Waals surface area (Å²) in [5, 5.41) is 13.2. The van der Waals surface area contributed by atoms with Gasteiger partial charge >= 0.3 is 0 Å². The van der Waals surface area contributed by atoms with Gasteiger partial charge in [-0.3, -0.25) is 0 Å². The first-order valence-corrected chi connectivity index (χ1v) is 7.02. The fraction of sp³-hybridized carbons (Fsp3) is 0.625. The van der Waals surface area contributed by atoms with Crippen LogP contribution in [0.4, 0.5) is 0 Å². The fourth-order valence-corrected chi connectivity index (χ4v) is 3.31. The van der Waals surface area contributed by atoms with Crippen molar-refractivity contribution in [2.45, 2.75) is 39.2 Å².